The molecular formula is C14H19N3O3S. The van der Waals surface area contributed by atoms with E-state index < -0.39 is 11.7 Å². The first-order chi connectivity index (χ1) is 9.92. The van der Waals surface area contributed by atoms with Crippen LogP contribution in [-0.2, 0) is 9.47 Å². The Morgan fingerprint density at radius 2 is 2.10 bits per heavy atom. The average molecular weight is 309 g/mol. The molecule has 1 saturated heterocycles. The summed E-state index contributed by atoms with van der Waals surface area (Å²) in [5, 5.41) is 11.4. The molecule has 6 nitrogen and oxygen atoms in total. The molecule has 2 rings (SSSR count). The van der Waals surface area contributed by atoms with Crippen LogP contribution in [0.1, 0.15) is 38.6 Å². The zero-order valence-corrected chi connectivity index (χ0v) is 13.2. The molecule has 1 N–H and O–H groups in total. The van der Waals surface area contributed by atoms with Crippen molar-refractivity contribution >= 4 is 22.6 Å². The van der Waals surface area contributed by atoms with Gasteiger partial charge in [-0.3, -0.25) is 5.32 Å². The van der Waals surface area contributed by atoms with Gasteiger partial charge in [0.25, 0.3) is 0 Å². The highest BCUT2D eigenvalue weighted by molar-refractivity contribution is 7.15. The third kappa shape index (κ3) is 5.69. The minimum absolute atomic E-state index is 0.352. The number of anilines is 1. The predicted molar refractivity (Wildman–Crippen MR) is 80.2 cm³/mol. The van der Waals surface area contributed by atoms with Crippen molar-refractivity contribution in [3.63, 3.8) is 0 Å². The molecular weight excluding hydrogens is 290 g/mol. The molecule has 0 bridgehead atoms. The summed E-state index contributed by atoms with van der Waals surface area (Å²) in [5.41, 5.74) is -0.541. The second-order valence-corrected chi connectivity index (χ2v) is 6.67. The number of nitrogens with one attached hydrogen (secondary N) is 1. The molecule has 7 heteroatoms. The standard InChI is InChI=1S/C14H19N3O3S/c1-14(2,3)20-13(18)15-12-17-16-11(21-12)5-4-10-6-8-19-9-7-10/h10H,6-9H2,1-3H3,(H,15,17,18). The lowest BCUT2D eigenvalue weighted by atomic mass is 10.0. The molecule has 0 aromatic carbocycles. The highest BCUT2D eigenvalue weighted by Crippen LogP contribution is 2.17. The van der Waals surface area contributed by atoms with E-state index in [0.29, 0.717) is 16.1 Å². The van der Waals surface area contributed by atoms with E-state index in [0.717, 1.165) is 26.1 Å². The number of carbonyl (C=O) groups excluding carboxylic acids is 1. The molecule has 0 spiro atoms. The largest absolute Gasteiger partial charge is 0.444 e. The summed E-state index contributed by atoms with van der Waals surface area (Å²) in [6.45, 7) is 6.94. The van der Waals surface area contributed by atoms with Gasteiger partial charge >= 0.3 is 6.09 Å². The van der Waals surface area contributed by atoms with E-state index >= 15 is 0 Å². The second-order valence-electron chi connectivity index (χ2n) is 5.70. The Morgan fingerprint density at radius 1 is 1.38 bits per heavy atom. The molecule has 1 aliphatic rings. The quantitative estimate of drug-likeness (QED) is 0.807. The monoisotopic (exact) mass is 309 g/mol. The molecule has 0 atom stereocenters. The smallest absolute Gasteiger partial charge is 0.414 e. The number of nitrogens with zero attached hydrogens (tertiary/aromatic N) is 2. The summed E-state index contributed by atoms with van der Waals surface area (Å²) >= 11 is 1.24. The number of rotatable bonds is 1. The van der Waals surface area contributed by atoms with Gasteiger partial charge < -0.3 is 9.47 Å². The first-order valence-electron chi connectivity index (χ1n) is 6.85. The maximum Gasteiger partial charge on any atom is 0.414 e. The highest BCUT2D eigenvalue weighted by Gasteiger charge is 2.17. The summed E-state index contributed by atoms with van der Waals surface area (Å²) in [4.78, 5) is 11.6. The normalized spacial score (nSPS) is 16.0. The van der Waals surface area contributed by atoms with Gasteiger partial charge in [0, 0.05) is 19.1 Å². The number of aromatic nitrogens is 2. The fourth-order valence-corrected chi connectivity index (χ4v) is 2.31. The van der Waals surface area contributed by atoms with Crippen molar-refractivity contribution in [1.29, 1.82) is 0 Å². The van der Waals surface area contributed by atoms with E-state index in [1.165, 1.54) is 11.3 Å². The molecule has 2 heterocycles. The molecule has 1 fully saturated rings. The lowest BCUT2D eigenvalue weighted by Gasteiger charge is -2.18. The van der Waals surface area contributed by atoms with Gasteiger partial charge in [-0.05, 0) is 39.5 Å². The molecule has 1 aromatic rings. The molecule has 0 radical (unpaired) electrons. The summed E-state index contributed by atoms with van der Waals surface area (Å²) in [6, 6.07) is 0. The lowest BCUT2D eigenvalue weighted by molar-refractivity contribution is 0.0635. The Hall–Kier alpha value is -1.65. The van der Waals surface area contributed by atoms with Crippen LogP contribution >= 0.6 is 11.3 Å². The predicted octanol–water partition coefficient (Wildman–Crippen LogP) is 2.66. The van der Waals surface area contributed by atoms with Crippen molar-refractivity contribution in [2.45, 2.75) is 39.2 Å². The molecule has 0 aliphatic carbocycles. The number of amides is 1. The fourth-order valence-electron chi connectivity index (χ4n) is 1.72. The van der Waals surface area contributed by atoms with E-state index in [9.17, 15) is 4.79 Å². The number of carbonyl (C=O) groups is 1. The van der Waals surface area contributed by atoms with Gasteiger partial charge in [-0.15, -0.1) is 10.2 Å². The third-order valence-electron chi connectivity index (χ3n) is 2.64. The van der Waals surface area contributed by atoms with Crippen LogP contribution in [0.4, 0.5) is 9.93 Å². The Bertz CT molecular complexity index is 548. The van der Waals surface area contributed by atoms with Gasteiger partial charge in [0.15, 0.2) is 5.01 Å². The van der Waals surface area contributed by atoms with E-state index in [4.69, 9.17) is 9.47 Å². The van der Waals surface area contributed by atoms with Crippen molar-refractivity contribution in [3.8, 4) is 11.8 Å². The van der Waals surface area contributed by atoms with Crippen LogP contribution < -0.4 is 5.32 Å². The average Bonchev–Trinajstić information content (AvgIpc) is 2.83. The van der Waals surface area contributed by atoms with E-state index in [2.05, 4.69) is 27.4 Å². The van der Waals surface area contributed by atoms with Crippen molar-refractivity contribution < 1.29 is 14.3 Å². The lowest BCUT2D eigenvalue weighted by Crippen LogP contribution is -2.27. The van der Waals surface area contributed by atoms with Crippen molar-refractivity contribution in [2.24, 2.45) is 5.92 Å². The van der Waals surface area contributed by atoms with Crippen LogP contribution in [-0.4, -0.2) is 35.1 Å². The summed E-state index contributed by atoms with van der Waals surface area (Å²) in [5.74, 6) is 6.53. The third-order valence-corrected chi connectivity index (χ3v) is 3.39. The van der Waals surface area contributed by atoms with Gasteiger partial charge in [-0.2, -0.15) is 0 Å². The van der Waals surface area contributed by atoms with Crippen molar-refractivity contribution in [1.82, 2.24) is 10.2 Å². The number of ether oxygens (including phenoxy) is 2. The van der Waals surface area contributed by atoms with Crippen molar-refractivity contribution in [2.75, 3.05) is 18.5 Å². The van der Waals surface area contributed by atoms with Crippen LogP contribution in [0, 0.1) is 17.8 Å². The molecule has 0 unspecified atom stereocenters. The Morgan fingerprint density at radius 3 is 2.76 bits per heavy atom. The minimum Gasteiger partial charge on any atom is -0.444 e. The zero-order valence-electron chi connectivity index (χ0n) is 12.4. The Kier molecular flexibility index (Phi) is 5.15. The van der Waals surface area contributed by atoms with E-state index in [1.54, 1.807) is 20.8 Å². The van der Waals surface area contributed by atoms with Gasteiger partial charge in [0.05, 0.1) is 0 Å². The topological polar surface area (TPSA) is 73.3 Å². The number of hydrogen-bond acceptors (Lipinski definition) is 6. The van der Waals surface area contributed by atoms with Crippen LogP contribution in [0.25, 0.3) is 0 Å². The Labute approximate surface area is 128 Å². The van der Waals surface area contributed by atoms with Crippen LogP contribution in [0.5, 0.6) is 0 Å². The van der Waals surface area contributed by atoms with Crippen molar-refractivity contribution in [3.05, 3.63) is 5.01 Å². The first kappa shape index (κ1) is 15.7. The summed E-state index contributed by atoms with van der Waals surface area (Å²) in [6.07, 6.45) is 1.37. The van der Waals surface area contributed by atoms with Gasteiger partial charge in [-0.1, -0.05) is 17.3 Å². The van der Waals surface area contributed by atoms with Gasteiger partial charge in [-0.25, -0.2) is 4.79 Å². The summed E-state index contributed by atoms with van der Waals surface area (Å²) in [7, 11) is 0. The van der Waals surface area contributed by atoms with E-state index in [1.807, 2.05) is 0 Å². The minimum atomic E-state index is -0.541. The number of hydrogen-bond donors (Lipinski definition) is 1. The first-order valence-corrected chi connectivity index (χ1v) is 7.67. The van der Waals surface area contributed by atoms with Crippen LogP contribution in [0.15, 0.2) is 0 Å². The fraction of sp³-hybridized carbons (Fsp3) is 0.643. The van der Waals surface area contributed by atoms with E-state index in [-0.39, 0.29) is 0 Å². The zero-order chi connectivity index (χ0) is 15.3. The van der Waals surface area contributed by atoms with Gasteiger partial charge in [0.2, 0.25) is 5.13 Å². The maximum atomic E-state index is 11.6. The second kappa shape index (κ2) is 6.87. The molecule has 1 aliphatic heterocycles. The summed E-state index contributed by atoms with van der Waals surface area (Å²) < 4.78 is 10.4. The molecule has 114 valence electrons. The van der Waals surface area contributed by atoms with Crippen LogP contribution in [0.2, 0.25) is 0 Å². The SMILES string of the molecule is CC(C)(C)OC(=O)Nc1nnc(C#CC2CCOCC2)s1. The molecule has 0 saturated carbocycles. The maximum absolute atomic E-state index is 11.6. The van der Waals surface area contributed by atoms with Crippen LogP contribution in [0.3, 0.4) is 0 Å². The highest BCUT2D eigenvalue weighted by atomic mass is 32.1. The molecule has 1 aromatic heterocycles. The van der Waals surface area contributed by atoms with Gasteiger partial charge in [0.1, 0.15) is 5.60 Å². The molecule has 21 heavy (non-hydrogen) atoms. The Balaban J connectivity index is 1.89. The molecule has 1 amide bonds.